The zero-order valence-corrected chi connectivity index (χ0v) is 13.0. The predicted octanol–water partition coefficient (Wildman–Crippen LogP) is 4.36. The number of hydrogen-bond donors (Lipinski definition) is 0. The Hall–Kier alpha value is -2.16. The summed E-state index contributed by atoms with van der Waals surface area (Å²) in [6.07, 6.45) is 13.7. The number of hydrogen-bond acceptors (Lipinski definition) is 2. The molecule has 3 rings (SSSR count). The van der Waals surface area contributed by atoms with Gasteiger partial charge in [-0.25, -0.2) is 0 Å². The molecule has 0 atom stereocenters. The van der Waals surface area contributed by atoms with Gasteiger partial charge in [0.15, 0.2) is 5.78 Å². The molecule has 1 aromatic carbocycles. The first-order valence-corrected chi connectivity index (χ1v) is 8.03. The molecule has 0 saturated heterocycles. The third kappa shape index (κ3) is 3.53. The highest BCUT2D eigenvalue weighted by Crippen LogP contribution is 2.32. The highest BCUT2D eigenvalue weighted by molar-refractivity contribution is 6.06. The minimum atomic E-state index is 0.0408. The van der Waals surface area contributed by atoms with Crippen LogP contribution in [0.15, 0.2) is 42.7 Å². The van der Waals surface area contributed by atoms with E-state index in [2.05, 4.69) is 17.2 Å². The second-order valence-corrected chi connectivity index (χ2v) is 6.10. The molecule has 114 valence electrons. The lowest BCUT2D eigenvalue weighted by atomic mass is 9.84. The van der Waals surface area contributed by atoms with Gasteiger partial charge in [0.05, 0.1) is 6.20 Å². The lowest BCUT2D eigenvalue weighted by Gasteiger charge is -2.21. The molecule has 3 heteroatoms. The van der Waals surface area contributed by atoms with E-state index in [1.165, 1.54) is 37.7 Å². The van der Waals surface area contributed by atoms with Gasteiger partial charge in [-0.3, -0.25) is 9.48 Å². The third-order valence-electron chi connectivity index (χ3n) is 4.42. The maximum atomic E-state index is 12.2. The van der Waals surface area contributed by atoms with E-state index >= 15 is 0 Å². The Kier molecular flexibility index (Phi) is 4.52. The van der Waals surface area contributed by atoms with Gasteiger partial charge in [0, 0.05) is 24.4 Å². The zero-order chi connectivity index (χ0) is 15.4. The number of carbonyl (C=O) groups is 1. The van der Waals surface area contributed by atoms with Crippen LogP contribution in [0.4, 0.5) is 0 Å². The van der Waals surface area contributed by atoms with Crippen LogP contribution in [0.1, 0.15) is 59.5 Å². The van der Waals surface area contributed by atoms with Crippen molar-refractivity contribution in [3.05, 3.63) is 59.4 Å². The Bertz CT molecular complexity index is 661. The summed E-state index contributed by atoms with van der Waals surface area (Å²) in [5.74, 6) is 0.725. The fraction of sp³-hybridized carbons (Fsp3) is 0.368. The molecular weight excluding hydrogens is 272 g/mol. The standard InChI is InChI=1S/C19H22N2O/c1-21-14-15(13-20-21)7-12-19(22)18-10-8-17(9-11-18)16-5-3-2-4-6-16/h7-14,16H,2-6H2,1H3/b12-7+. The number of ketones is 1. The minimum Gasteiger partial charge on any atom is -0.289 e. The summed E-state index contributed by atoms with van der Waals surface area (Å²) in [5, 5.41) is 4.08. The molecule has 2 aromatic rings. The lowest BCUT2D eigenvalue weighted by molar-refractivity contribution is 0.104. The maximum absolute atomic E-state index is 12.2. The van der Waals surface area contributed by atoms with Crippen molar-refractivity contribution in [2.75, 3.05) is 0 Å². The number of aromatic nitrogens is 2. The van der Waals surface area contributed by atoms with Crippen molar-refractivity contribution in [2.24, 2.45) is 7.05 Å². The van der Waals surface area contributed by atoms with Crippen LogP contribution < -0.4 is 0 Å². The van der Waals surface area contributed by atoms with Crippen LogP contribution in [-0.4, -0.2) is 15.6 Å². The minimum absolute atomic E-state index is 0.0408. The third-order valence-corrected chi connectivity index (χ3v) is 4.42. The van der Waals surface area contributed by atoms with E-state index in [4.69, 9.17) is 0 Å². The Morgan fingerprint density at radius 2 is 1.91 bits per heavy atom. The van der Waals surface area contributed by atoms with Gasteiger partial charge in [-0.1, -0.05) is 43.5 Å². The summed E-state index contributed by atoms with van der Waals surface area (Å²) in [7, 11) is 1.86. The quantitative estimate of drug-likeness (QED) is 0.620. The van der Waals surface area contributed by atoms with E-state index in [0.29, 0.717) is 5.92 Å². The second-order valence-electron chi connectivity index (χ2n) is 6.10. The first-order valence-electron chi connectivity index (χ1n) is 8.03. The molecule has 1 heterocycles. The normalized spacial score (nSPS) is 16.2. The monoisotopic (exact) mass is 294 g/mol. The van der Waals surface area contributed by atoms with Crippen LogP contribution in [0.2, 0.25) is 0 Å². The van der Waals surface area contributed by atoms with E-state index in [1.807, 2.05) is 31.5 Å². The van der Waals surface area contributed by atoms with Crippen LogP contribution in [0.25, 0.3) is 6.08 Å². The first kappa shape index (κ1) is 14.8. The van der Waals surface area contributed by atoms with Crippen molar-refractivity contribution in [3.63, 3.8) is 0 Å². The lowest BCUT2D eigenvalue weighted by Crippen LogP contribution is -2.04. The number of allylic oxidation sites excluding steroid dienone is 1. The molecule has 1 aromatic heterocycles. The molecule has 3 nitrogen and oxygen atoms in total. The van der Waals surface area contributed by atoms with Crippen LogP contribution >= 0.6 is 0 Å². The number of nitrogens with zero attached hydrogens (tertiary/aromatic N) is 2. The molecule has 1 aliphatic carbocycles. The van der Waals surface area contributed by atoms with Crippen LogP contribution in [-0.2, 0) is 7.05 Å². The van der Waals surface area contributed by atoms with E-state index in [1.54, 1.807) is 17.0 Å². The molecule has 1 fully saturated rings. The molecule has 0 unspecified atom stereocenters. The van der Waals surface area contributed by atoms with Crippen molar-refractivity contribution in [2.45, 2.75) is 38.0 Å². The van der Waals surface area contributed by atoms with Gasteiger partial charge < -0.3 is 0 Å². The van der Waals surface area contributed by atoms with Gasteiger partial charge in [0.2, 0.25) is 0 Å². The van der Waals surface area contributed by atoms with Crippen molar-refractivity contribution >= 4 is 11.9 Å². The van der Waals surface area contributed by atoms with Gasteiger partial charge in [-0.15, -0.1) is 0 Å². The fourth-order valence-corrected chi connectivity index (χ4v) is 3.15. The van der Waals surface area contributed by atoms with Crippen LogP contribution in [0, 0.1) is 0 Å². The molecule has 0 aliphatic heterocycles. The molecule has 0 amide bonds. The van der Waals surface area contributed by atoms with E-state index < -0.39 is 0 Å². The predicted molar refractivity (Wildman–Crippen MR) is 88.8 cm³/mol. The highest BCUT2D eigenvalue weighted by atomic mass is 16.1. The van der Waals surface area contributed by atoms with Crippen molar-refractivity contribution < 1.29 is 4.79 Å². The summed E-state index contributed by atoms with van der Waals surface area (Å²) in [4.78, 5) is 12.2. The molecule has 0 bridgehead atoms. The Balaban J connectivity index is 1.66. The Labute approximate surface area is 131 Å². The smallest absolute Gasteiger partial charge is 0.185 e. The zero-order valence-electron chi connectivity index (χ0n) is 13.0. The van der Waals surface area contributed by atoms with Gasteiger partial charge in [0.1, 0.15) is 0 Å². The molecule has 0 N–H and O–H groups in total. The number of benzene rings is 1. The van der Waals surface area contributed by atoms with E-state index in [9.17, 15) is 4.79 Å². The number of aryl methyl sites for hydroxylation is 1. The van der Waals surface area contributed by atoms with E-state index in [-0.39, 0.29) is 5.78 Å². The molecule has 1 aliphatic rings. The molecule has 0 radical (unpaired) electrons. The molecule has 1 saturated carbocycles. The Morgan fingerprint density at radius 3 is 2.55 bits per heavy atom. The number of carbonyl (C=O) groups excluding carboxylic acids is 1. The Morgan fingerprint density at radius 1 is 1.18 bits per heavy atom. The SMILES string of the molecule is Cn1cc(/C=C/C(=O)c2ccc(C3CCCCC3)cc2)cn1. The fourth-order valence-electron chi connectivity index (χ4n) is 3.15. The van der Waals surface area contributed by atoms with Crippen molar-refractivity contribution in [1.82, 2.24) is 9.78 Å². The summed E-state index contributed by atoms with van der Waals surface area (Å²) in [6.45, 7) is 0. The van der Waals surface area contributed by atoms with Crippen molar-refractivity contribution in [3.8, 4) is 0 Å². The summed E-state index contributed by atoms with van der Waals surface area (Å²) < 4.78 is 1.73. The summed E-state index contributed by atoms with van der Waals surface area (Å²) >= 11 is 0. The topological polar surface area (TPSA) is 34.9 Å². The average molecular weight is 294 g/mol. The average Bonchev–Trinajstić information content (AvgIpc) is 2.99. The maximum Gasteiger partial charge on any atom is 0.185 e. The highest BCUT2D eigenvalue weighted by Gasteiger charge is 2.15. The molecule has 22 heavy (non-hydrogen) atoms. The van der Waals surface area contributed by atoms with Gasteiger partial charge in [0.25, 0.3) is 0 Å². The van der Waals surface area contributed by atoms with Gasteiger partial charge in [-0.2, -0.15) is 5.10 Å². The largest absolute Gasteiger partial charge is 0.289 e. The molecule has 0 spiro atoms. The van der Waals surface area contributed by atoms with Crippen LogP contribution in [0.5, 0.6) is 0 Å². The van der Waals surface area contributed by atoms with E-state index in [0.717, 1.165) is 11.1 Å². The summed E-state index contributed by atoms with van der Waals surface area (Å²) in [6, 6.07) is 8.17. The van der Waals surface area contributed by atoms with Crippen LogP contribution in [0.3, 0.4) is 0 Å². The molecular formula is C19H22N2O. The number of rotatable bonds is 4. The summed E-state index contributed by atoms with van der Waals surface area (Å²) in [5.41, 5.74) is 3.07. The van der Waals surface area contributed by atoms with Crippen molar-refractivity contribution in [1.29, 1.82) is 0 Å². The van der Waals surface area contributed by atoms with Gasteiger partial charge >= 0.3 is 0 Å². The first-order chi connectivity index (χ1) is 10.7. The van der Waals surface area contributed by atoms with Gasteiger partial charge in [-0.05, 0) is 36.5 Å². The second kappa shape index (κ2) is 6.73.